The first-order valence-electron chi connectivity index (χ1n) is 22.7. The number of allylic oxidation sites excluding steroid dienone is 4. The van der Waals surface area contributed by atoms with E-state index in [0.717, 1.165) is 91.1 Å². The normalized spacial score (nSPS) is 15.0. The number of aliphatic hydroxyl groups is 1. The molecule has 3 atom stereocenters. The fourth-order valence-corrected chi connectivity index (χ4v) is 7.09. The summed E-state index contributed by atoms with van der Waals surface area (Å²) in [5.74, 6) is -4.25. The summed E-state index contributed by atoms with van der Waals surface area (Å²) in [6.07, 6.45) is 36.8. The number of hydrogen-bond acceptors (Lipinski definition) is 9. The average Bonchev–Trinajstić information content (AvgIpc) is 3.19. The maximum atomic E-state index is 13.5. The van der Waals surface area contributed by atoms with Crippen LogP contribution in [0.4, 0.5) is 0 Å². The Hall–Kier alpha value is -2.45. The van der Waals surface area contributed by atoms with Crippen LogP contribution in [0.1, 0.15) is 214 Å². The lowest BCUT2D eigenvalue weighted by Gasteiger charge is -2.44. The van der Waals surface area contributed by atoms with Gasteiger partial charge in [-0.2, -0.15) is 8.42 Å². The summed E-state index contributed by atoms with van der Waals surface area (Å²) in [6.45, 7) is 6.83. The number of ketones is 2. The van der Waals surface area contributed by atoms with Crippen LogP contribution in [0.3, 0.4) is 0 Å². The minimum absolute atomic E-state index is 0.00734. The van der Waals surface area contributed by atoms with Gasteiger partial charge in [0.2, 0.25) is 0 Å². The zero-order valence-corrected chi connectivity index (χ0v) is 38.7. The van der Waals surface area contributed by atoms with Gasteiger partial charge in [-0.1, -0.05) is 141 Å². The van der Waals surface area contributed by atoms with E-state index in [1.165, 1.54) is 91.0 Å². The van der Waals surface area contributed by atoms with Crippen molar-refractivity contribution in [3.8, 4) is 0 Å². The molecule has 346 valence electrons. The Morgan fingerprint density at radius 1 is 0.559 bits per heavy atom. The van der Waals surface area contributed by atoms with Crippen molar-refractivity contribution in [3.05, 3.63) is 24.3 Å². The summed E-state index contributed by atoms with van der Waals surface area (Å²) in [5.41, 5.74) is -6.87. The van der Waals surface area contributed by atoms with Crippen molar-refractivity contribution in [1.29, 1.82) is 0 Å². The van der Waals surface area contributed by atoms with Gasteiger partial charge >= 0.3 is 22.3 Å². The maximum Gasteiger partial charge on any atom is 0.397 e. The molecule has 12 nitrogen and oxygen atoms in total. The van der Waals surface area contributed by atoms with E-state index >= 15 is 0 Å². The van der Waals surface area contributed by atoms with Crippen LogP contribution in [0.15, 0.2) is 24.3 Å². The van der Waals surface area contributed by atoms with Gasteiger partial charge in [-0.15, -0.1) is 0 Å². The Labute approximate surface area is 358 Å². The molecule has 5 N–H and O–H groups in total. The number of rotatable bonds is 39. The number of hydrogen-bond donors (Lipinski definition) is 5. The second-order valence-corrected chi connectivity index (χ2v) is 17.7. The van der Waals surface area contributed by atoms with Gasteiger partial charge < -0.3 is 15.3 Å². The quantitative estimate of drug-likeness (QED) is 0.0129. The SMILES string of the molecule is CCCCCCCCC=CCCCCCCCC(=O)C(C)(CC(O)(NC)C(C)(C(=O)O)C(=O)CCCCCCC/C=C\CCCCCCCC)C(=O)O.COS(=O)(=O)O. The Balaban J connectivity index is 0. The molecule has 0 bridgehead atoms. The monoisotopic (exact) mass is 860 g/mol. The van der Waals surface area contributed by atoms with Crippen LogP contribution in [0.5, 0.6) is 0 Å². The Morgan fingerprint density at radius 3 is 1.15 bits per heavy atom. The lowest BCUT2D eigenvalue weighted by Crippen LogP contribution is -2.65. The van der Waals surface area contributed by atoms with Crippen molar-refractivity contribution in [1.82, 2.24) is 5.32 Å². The van der Waals surface area contributed by atoms with Gasteiger partial charge in [0.05, 0.1) is 7.11 Å². The van der Waals surface area contributed by atoms with Crippen LogP contribution >= 0.6 is 0 Å². The standard InChI is InChI=1S/C45H81NO7.CH4O4S/c1-6-8-10-12-14-16-18-20-22-24-26-28-30-32-34-36-39(47)43(3,41(49)50)38-45(53,46-5)44(4,42(51)52)40(48)37-35-33-31-29-27-25-23-21-19-17-15-13-11-9-7-2;1-5-6(2,3)4/h20-23,46,53H,6-19,24-38H2,1-5H3,(H,49,50)(H,51,52);1H3,(H,2,3,4)/b22-20?,23-21-;. The molecule has 0 spiro atoms. The largest absolute Gasteiger partial charge is 0.481 e. The van der Waals surface area contributed by atoms with Crippen LogP contribution in [0.25, 0.3) is 0 Å². The molecular weight excluding hydrogens is 775 g/mol. The van der Waals surface area contributed by atoms with Gasteiger partial charge in [0.25, 0.3) is 0 Å². The van der Waals surface area contributed by atoms with Gasteiger partial charge in [0, 0.05) is 19.3 Å². The van der Waals surface area contributed by atoms with E-state index in [1.807, 2.05) is 0 Å². The van der Waals surface area contributed by atoms with Gasteiger partial charge in [-0.3, -0.25) is 33.2 Å². The van der Waals surface area contributed by atoms with Crippen LogP contribution in [0.2, 0.25) is 0 Å². The highest BCUT2D eigenvalue weighted by Crippen LogP contribution is 2.42. The predicted octanol–water partition coefficient (Wildman–Crippen LogP) is 11.1. The zero-order chi connectivity index (χ0) is 45.1. The third-order valence-electron chi connectivity index (χ3n) is 11.5. The maximum absolute atomic E-state index is 13.5. The second kappa shape index (κ2) is 35.2. The van der Waals surface area contributed by atoms with E-state index in [-0.39, 0.29) is 12.8 Å². The molecule has 0 saturated carbocycles. The van der Waals surface area contributed by atoms with Crippen molar-refractivity contribution in [2.75, 3.05) is 14.2 Å². The number of Topliss-reactive ketones (excluding diaryl/α,β-unsaturated/α-hetero) is 2. The molecule has 0 radical (unpaired) electrons. The molecule has 0 aliphatic rings. The minimum Gasteiger partial charge on any atom is -0.481 e. The first-order valence-corrected chi connectivity index (χ1v) is 24.1. The number of carbonyl (C=O) groups is 4. The van der Waals surface area contributed by atoms with Gasteiger partial charge in [0.1, 0.15) is 16.9 Å². The van der Waals surface area contributed by atoms with E-state index in [0.29, 0.717) is 12.8 Å². The van der Waals surface area contributed by atoms with E-state index in [2.05, 4.69) is 47.7 Å². The lowest BCUT2D eigenvalue weighted by molar-refractivity contribution is -0.188. The van der Waals surface area contributed by atoms with Crippen molar-refractivity contribution < 1.29 is 51.7 Å². The fraction of sp³-hybridized carbons (Fsp3) is 0.826. The molecule has 0 rings (SSSR count). The first kappa shape index (κ1) is 58.6. The summed E-state index contributed by atoms with van der Waals surface area (Å²) in [7, 11) is -1.99. The Morgan fingerprint density at radius 2 is 0.864 bits per heavy atom. The van der Waals surface area contributed by atoms with Crippen LogP contribution < -0.4 is 5.32 Å². The molecule has 0 aromatic carbocycles. The van der Waals surface area contributed by atoms with E-state index in [9.17, 15) is 42.9 Å². The van der Waals surface area contributed by atoms with Crippen LogP contribution in [-0.2, 0) is 33.8 Å². The molecule has 0 amide bonds. The predicted molar refractivity (Wildman–Crippen MR) is 238 cm³/mol. The van der Waals surface area contributed by atoms with Gasteiger partial charge in [-0.05, 0) is 85.1 Å². The third kappa shape index (κ3) is 27.2. The number of unbranched alkanes of at least 4 members (excludes halogenated alkanes) is 22. The van der Waals surface area contributed by atoms with E-state index in [4.69, 9.17) is 4.55 Å². The third-order valence-corrected chi connectivity index (χ3v) is 11.9. The second-order valence-electron chi connectivity index (χ2n) is 16.5. The number of carboxylic acids is 2. The summed E-state index contributed by atoms with van der Waals surface area (Å²) in [4.78, 5) is 52.0. The van der Waals surface area contributed by atoms with Crippen molar-refractivity contribution >= 4 is 33.9 Å². The molecule has 0 saturated heterocycles. The number of carbonyl (C=O) groups excluding carboxylic acids is 2. The van der Waals surface area contributed by atoms with E-state index < -0.39 is 56.9 Å². The van der Waals surface area contributed by atoms with Crippen molar-refractivity contribution in [3.63, 3.8) is 0 Å². The van der Waals surface area contributed by atoms with Gasteiger partial charge in [-0.25, -0.2) is 0 Å². The molecule has 0 aliphatic heterocycles. The van der Waals surface area contributed by atoms with Crippen LogP contribution in [0, 0.1) is 10.8 Å². The molecule has 3 unspecified atom stereocenters. The number of nitrogens with one attached hydrogen (secondary N) is 1. The molecule has 13 heteroatoms. The Bertz CT molecular complexity index is 1300. The van der Waals surface area contributed by atoms with E-state index in [1.54, 1.807) is 0 Å². The minimum atomic E-state index is -4.16. The summed E-state index contributed by atoms with van der Waals surface area (Å²) < 4.78 is 29.7. The highest BCUT2D eigenvalue weighted by molar-refractivity contribution is 7.80. The summed E-state index contributed by atoms with van der Waals surface area (Å²) >= 11 is 0. The first-order chi connectivity index (χ1) is 27.9. The van der Waals surface area contributed by atoms with Crippen LogP contribution in [-0.4, -0.2) is 71.7 Å². The number of carboxylic acid groups (broad SMARTS) is 2. The smallest absolute Gasteiger partial charge is 0.397 e. The molecule has 0 aliphatic carbocycles. The molecule has 0 fully saturated rings. The highest BCUT2D eigenvalue weighted by atomic mass is 32.3. The average molecular weight is 860 g/mol. The molecule has 0 aromatic heterocycles. The molecular formula is C46H85NO11S. The lowest BCUT2D eigenvalue weighted by atomic mass is 9.65. The number of aliphatic carboxylic acids is 2. The van der Waals surface area contributed by atoms with Crippen molar-refractivity contribution in [2.45, 2.75) is 220 Å². The van der Waals surface area contributed by atoms with Crippen molar-refractivity contribution in [2.24, 2.45) is 10.8 Å². The zero-order valence-electron chi connectivity index (χ0n) is 37.9. The molecule has 0 heterocycles. The van der Waals surface area contributed by atoms with Gasteiger partial charge in [0.15, 0.2) is 11.2 Å². The topological polar surface area (TPSA) is 205 Å². The Kier molecular flexibility index (Phi) is 35.0. The summed E-state index contributed by atoms with van der Waals surface area (Å²) in [5, 5.41) is 34.7. The highest BCUT2D eigenvalue weighted by Gasteiger charge is 2.61. The summed E-state index contributed by atoms with van der Waals surface area (Å²) in [6, 6.07) is 0. The molecule has 0 aromatic rings. The molecule has 59 heavy (non-hydrogen) atoms. The fourth-order valence-electron chi connectivity index (χ4n) is 7.09.